The van der Waals surface area contributed by atoms with Crippen LogP contribution in [-0.4, -0.2) is 15.9 Å². The van der Waals surface area contributed by atoms with E-state index < -0.39 is 0 Å². The number of anilines is 2. The molecule has 132 valence electrons. The monoisotopic (exact) mass is 386 g/mol. The SMILES string of the molecule is Cc1cccc(CNc2cnc(C(=O)Nc3ccc(Cl)c(Cl)c3)cn2)c1. The molecule has 0 saturated heterocycles. The number of carbonyl (C=O) groups excluding carboxylic acids is 1. The number of nitrogens with zero attached hydrogens (tertiary/aromatic N) is 2. The second kappa shape index (κ2) is 8.17. The van der Waals surface area contributed by atoms with E-state index in [-0.39, 0.29) is 11.6 Å². The topological polar surface area (TPSA) is 66.9 Å². The zero-order valence-electron chi connectivity index (χ0n) is 14.0. The summed E-state index contributed by atoms with van der Waals surface area (Å²) in [5.74, 6) is 0.221. The summed E-state index contributed by atoms with van der Waals surface area (Å²) >= 11 is 11.8. The lowest BCUT2D eigenvalue weighted by molar-refractivity contribution is 0.102. The third-order valence-corrected chi connectivity index (χ3v) is 4.36. The number of amides is 1. The summed E-state index contributed by atoms with van der Waals surface area (Å²) < 4.78 is 0. The van der Waals surface area contributed by atoms with Gasteiger partial charge in [0.05, 0.1) is 22.4 Å². The zero-order valence-corrected chi connectivity index (χ0v) is 15.5. The van der Waals surface area contributed by atoms with E-state index in [1.54, 1.807) is 18.2 Å². The van der Waals surface area contributed by atoms with Gasteiger partial charge in [0.1, 0.15) is 11.5 Å². The molecule has 0 atom stereocenters. The van der Waals surface area contributed by atoms with E-state index in [0.717, 1.165) is 5.56 Å². The molecule has 0 aliphatic rings. The Kier molecular flexibility index (Phi) is 5.71. The fourth-order valence-electron chi connectivity index (χ4n) is 2.32. The number of halogens is 2. The molecule has 2 aromatic carbocycles. The maximum absolute atomic E-state index is 12.2. The summed E-state index contributed by atoms with van der Waals surface area (Å²) in [5.41, 5.74) is 3.09. The first-order valence-electron chi connectivity index (χ1n) is 7.89. The van der Waals surface area contributed by atoms with Crippen molar-refractivity contribution < 1.29 is 4.79 Å². The van der Waals surface area contributed by atoms with E-state index in [1.807, 2.05) is 25.1 Å². The minimum absolute atomic E-state index is 0.206. The Labute approximate surface area is 161 Å². The highest BCUT2D eigenvalue weighted by Crippen LogP contribution is 2.25. The normalized spacial score (nSPS) is 10.4. The van der Waals surface area contributed by atoms with Gasteiger partial charge in [-0.2, -0.15) is 0 Å². The molecule has 0 fully saturated rings. The highest BCUT2D eigenvalue weighted by Gasteiger charge is 2.09. The van der Waals surface area contributed by atoms with Crippen molar-refractivity contribution in [3.63, 3.8) is 0 Å². The van der Waals surface area contributed by atoms with Crippen LogP contribution in [0, 0.1) is 6.92 Å². The maximum atomic E-state index is 12.2. The van der Waals surface area contributed by atoms with Gasteiger partial charge < -0.3 is 10.6 Å². The van der Waals surface area contributed by atoms with Crippen molar-refractivity contribution in [1.82, 2.24) is 9.97 Å². The molecule has 0 radical (unpaired) electrons. The van der Waals surface area contributed by atoms with Crippen molar-refractivity contribution in [2.24, 2.45) is 0 Å². The van der Waals surface area contributed by atoms with Crippen LogP contribution in [0.5, 0.6) is 0 Å². The molecular formula is C19H16Cl2N4O. The molecule has 7 heteroatoms. The first-order valence-corrected chi connectivity index (χ1v) is 8.65. The van der Waals surface area contributed by atoms with Gasteiger partial charge >= 0.3 is 0 Å². The molecule has 0 unspecified atom stereocenters. The van der Waals surface area contributed by atoms with Gasteiger partial charge in [-0.15, -0.1) is 0 Å². The van der Waals surface area contributed by atoms with E-state index in [4.69, 9.17) is 23.2 Å². The van der Waals surface area contributed by atoms with Crippen molar-refractivity contribution in [1.29, 1.82) is 0 Å². The number of hydrogen-bond donors (Lipinski definition) is 2. The summed E-state index contributed by atoms with van der Waals surface area (Å²) in [7, 11) is 0. The third kappa shape index (κ3) is 4.71. The molecule has 5 nitrogen and oxygen atoms in total. The number of rotatable bonds is 5. The van der Waals surface area contributed by atoms with E-state index in [2.05, 4.69) is 26.7 Å². The molecule has 0 saturated carbocycles. The van der Waals surface area contributed by atoms with E-state index >= 15 is 0 Å². The van der Waals surface area contributed by atoms with E-state index in [9.17, 15) is 4.79 Å². The first kappa shape index (κ1) is 18.2. The minimum atomic E-state index is -0.374. The Morgan fingerprint density at radius 1 is 1.04 bits per heavy atom. The molecule has 3 rings (SSSR count). The predicted molar refractivity (Wildman–Crippen MR) is 105 cm³/mol. The van der Waals surface area contributed by atoms with E-state index in [0.29, 0.717) is 28.1 Å². The van der Waals surface area contributed by atoms with Crippen molar-refractivity contribution in [3.05, 3.63) is 81.7 Å². The molecule has 1 amide bonds. The number of benzene rings is 2. The van der Waals surface area contributed by atoms with Gasteiger partial charge in [0.25, 0.3) is 5.91 Å². The molecule has 1 aromatic heterocycles. The Bertz CT molecular complexity index is 929. The molecule has 0 spiro atoms. The molecule has 0 aliphatic carbocycles. The Morgan fingerprint density at radius 2 is 1.88 bits per heavy atom. The summed E-state index contributed by atoms with van der Waals surface area (Å²) in [6.07, 6.45) is 2.95. The van der Waals surface area contributed by atoms with Crippen LogP contribution < -0.4 is 10.6 Å². The lowest BCUT2D eigenvalue weighted by Gasteiger charge is -2.08. The second-order valence-electron chi connectivity index (χ2n) is 5.71. The van der Waals surface area contributed by atoms with Crippen LogP contribution in [-0.2, 0) is 6.54 Å². The largest absolute Gasteiger partial charge is 0.365 e. The van der Waals surface area contributed by atoms with Crippen LogP contribution >= 0.6 is 23.2 Å². The highest BCUT2D eigenvalue weighted by molar-refractivity contribution is 6.42. The van der Waals surface area contributed by atoms with Gasteiger partial charge in [-0.25, -0.2) is 9.97 Å². The average molecular weight is 387 g/mol. The average Bonchev–Trinajstić information content (AvgIpc) is 2.63. The number of hydrogen-bond acceptors (Lipinski definition) is 4. The van der Waals surface area contributed by atoms with Crippen LogP contribution in [0.2, 0.25) is 10.0 Å². The summed E-state index contributed by atoms with van der Waals surface area (Å²) in [5, 5.41) is 6.68. The van der Waals surface area contributed by atoms with Gasteiger partial charge in [0.15, 0.2) is 0 Å². The molecule has 2 N–H and O–H groups in total. The summed E-state index contributed by atoms with van der Waals surface area (Å²) in [6, 6.07) is 13.0. The van der Waals surface area contributed by atoms with Crippen molar-refractivity contribution in [2.45, 2.75) is 13.5 Å². The number of nitrogens with one attached hydrogen (secondary N) is 2. The van der Waals surface area contributed by atoms with Crippen molar-refractivity contribution >= 4 is 40.6 Å². The Hall–Kier alpha value is -2.63. The number of aryl methyl sites for hydroxylation is 1. The van der Waals surface area contributed by atoms with Crippen LogP contribution in [0.25, 0.3) is 0 Å². The fraction of sp³-hybridized carbons (Fsp3) is 0.105. The fourth-order valence-corrected chi connectivity index (χ4v) is 2.62. The van der Waals surface area contributed by atoms with Gasteiger partial charge in [0, 0.05) is 12.2 Å². The molecule has 0 aliphatic heterocycles. The van der Waals surface area contributed by atoms with Crippen LogP contribution in [0.3, 0.4) is 0 Å². The number of aromatic nitrogens is 2. The predicted octanol–water partition coefficient (Wildman–Crippen LogP) is 4.96. The molecule has 3 aromatic rings. The second-order valence-corrected chi connectivity index (χ2v) is 6.53. The van der Waals surface area contributed by atoms with Crippen LogP contribution in [0.4, 0.5) is 11.5 Å². The third-order valence-electron chi connectivity index (χ3n) is 3.62. The number of carbonyl (C=O) groups is 1. The zero-order chi connectivity index (χ0) is 18.5. The lowest BCUT2D eigenvalue weighted by Crippen LogP contribution is -2.14. The van der Waals surface area contributed by atoms with Gasteiger partial charge in [-0.3, -0.25) is 4.79 Å². The van der Waals surface area contributed by atoms with Gasteiger partial charge in [-0.05, 0) is 30.7 Å². The summed E-state index contributed by atoms with van der Waals surface area (Å²) in [6.45, 7) is 2.68. The first-order chi connectivity index (χ1) is 12.5. The molecule has 0 bridgehead atoms. The summed E-state index contributed by atoms with van der Waals surface area (Å²) in [4.78, 5) is 20.6. The smallest absolute Gasteiger partial charge is 0.275 e. The van der Waals surface area contributed by atoms with Crippen LogP contribution in [0.1, 0.15) is 21.6 Å². The maximum Gasteiger partial charge on any atom is 0.275 e. The standard InChI is InChI=1S/C19H16Cl2N4O/c1-12-3-2-4-13(7-12)9-23-18-11-22-17(10-24-18)19(26)25-14-5-6-15(20)16(21)8-14/h2-8,10-11H,9H2,1H3,(H,23,24)(H,25,26). The Morgan fingerprint density at radius 3 is 2.58 bits per heavy atom. The quantitative estimate of drug-likeness (QED) is 0.650. The van der Waals surface area contributed by atoms with E-state index in [1.165, 1.54) is 18.0 Å². The van der Waals surface area contributed by atoms with Gasteiger partial charge in [0.2, 0.25) is 0 Å². The lowest BCUT2D eigenvalue weighted by atomic mass is 10.1. The minimum Gasteiger partial charge on any atom is -0.365 e. The van der Waals surface area contributed by atoms with Crippen molar-refractivity contribution in [2.75, 3.05) is 10.6 Å². The van der Waals surface area contributed by atoms with Crippen molar-refractivity contribution in [3.8, 4) is 0 Å². The Balaban J connectivity index is 1.61. The van der Waals surface area contributed by atoms with Gasteiger partial charge in [-0.1, -0.05) is 53.0 Å². The molecule has 26 heavy (non-hydrogen) atoms. The highest BCUT2D eigenvalue weighted by atomic mass is 35.5. The van der Waals surface area contributed by atoms with Crippen LogP contribution in [0.15, 0.2) is 54.9 Å². The molecule has 1 heterocycles. The molecular weight excluding hydrogens is 371 g/mol.